The highest BCUT2D eigenvalue weighted by atomic mass is 28.3. The van der Waals surface area contributed by atoms with Gasteiger partial charge in [0.15, 0.2) is 0 Å². The third-order valence-corrected chi connectivity index (χ3v) is 6.44. The second-order valence-electron chi connectivity index (χ2n) is 10.1. The van der Waals surface area contributed by atoms with E-state index in [0.29, 0.717) is 25.4 Å². The number of nitrogens with zero attached hydrogens (tertiary/aromatic N) is 2. The number of carbonyl (C=O) groups is 1. The fourth-order valence-corrected chi connectivity index (χ4v) is 3.90. The van der Waals surface area contributed by atoms with E-state index < -0.39 is 19.8 Å². The number of amides is 1. The van der Waals surface area contributed by atoms with Gasteiger partial charge in [-0.3, -0.25) is 0 Å². The lowest BCUT2D eigenvalue weighted by atomic mass is 9.99. The van der Waals surface area contributed by atoms with Crippen LogP contribution in [0.25, 0.3) is 11.3 Å². The lowest BCUT2D eigenvalue weighted by Crippen LogP contribution is -2.34. The van der Waals surface area contributed by atoms with E-state index in [9.17, 15) is 4.79 Å². The number of benzene rings is 1. The van der Waals surface area contributed by atoms with Crippen LogP contribution < -0.4 is 11.1 Å². The molecule has 0 aliphatic rings. The van der Waals surface area contributed by atoms with Crippen LogP contribution >= 0.6 is 0 Å². The van der Waals surface area contributed by atoms with Crippen LogP contribution in [-0.2, 0) is 16.2 Å². The van der Waals surface area contributed by atoms with Crippen molar-refractivity contribution in [3.63, 3.8) is 0 Å². The molecule has 0 bridgehead atoms. The molecule has 3 N–H and O–H groups in total. The Labute approximate surface area is 193 Å². The number of hydrogen-bond donors (Lipinski definition) is 2. The summed E-state index contributed by atoms with van der Waals surface area (Å²) in [5.74, 6) is 0. The van der Waals surface area contributed by atoms with Gasteiger partial charge >= 0.3 is 6.09 Å². The predicted octanol–water partition coefficient (Wildman–Crippen LogP) is 5.59. The highest BCUT2D eigenvalue weighted by Crippen LogP contribution is 2.29. The van der Waals surface area contributed by atoms with E-state index in [-0.39, 0.29) is 6.04 Å². The quantitative estimate of drug-likeness (QED) is 0.275. The molecule has 0 spiro atoms. The summed E-state index contributed by atoms with van der Waals surface area (Å²) in [5, 5.41) is 7.34. The molecule has 0 aliphatic heterocycles. The molecule has 2 rings (SSSR count). The number of alkyl carbamates (subject to hydrolysis) is 1. The van der Waals surface area contributed by atoms with E-state index >= 15 is 0 Å². The number of carbonyl (C=O) groups excluding carboxylic acids is 1. The summed E-state index contributed by atoms with van der Waals surface area (Å²) in [6.45, 7) is 17.4. The van der Waals surface area contributed by atoms with Gasteiger partial charge in [-0.25, -0.2) is 9.48 Å². The van der Waals surface area contributed by atoms with E-state index in [2.05, 4.69) is 36.6 Å². The van der Waals surface area contributed by atoms with Gasteiger partial charge in [-0.15, -0.1) is 6.58 Å². The monoisotopic (exact) mass is 458 g/mol. The van der Waals surface area contributed by atoms with Crippen LogP contribution in [0.2, 0.25) is 25.7 Å². The highest BCUT2D eigenvalue weighted by Gasteiger charge is 2.21. The zero-order valence-corrected chi connectivity index (χ0v) is 21.3. The van der Waals surface area contributed by atoms with Crippen LogP contribution in [0.5, 0.6) is 0 Å². The van der Waals surface area contributed by atoms with E-state index in [1.54, 1.807) is 17.0 Å². The third-order valence-electron chi connectivity index (χ3n) is 4.73. The zero-order chi connectivity index (χ0) is 23.9. The number of ether oxygens (including phenoxy) is 2. The fourth-order valence-electron chi connectivity index (χ4n) is 3.14. The van der Waals surface area contributed by atoms with Gasteiger partial charge in [0.05, 0.1) is 23.6 Å². The van der Waals surface area contributed by atoms with Crippen molar-refractivity contribution in [3.8, 4) is 11.3 Å². The molecule has 0 saturated heterocycles. The zero-order valence-electron chi connectivity index (χ0n) is 20.3. The number of anilines is 1. The van der Waals surface area contributed by atoms with Gasteiger partial charge in [-0.1, -0.05) is 43.9 Å². The van der Waals surface area contributed by atoms with Crippen LogP contribution in [0.3, 0.4) is 0 Å². The van der Waals surface area contributed by atoms with Gasteiger partial charge in [-0.05, 0) is 44.9 Å². The minimum Gasteiger partial charge on any atom is -0.444 e. The van der Waals surface area contributed by atoms with Gasteiger partial charge in [0, 0.05) is 20.2 Å². The molecular weight excluding hydrogens is 420 g/mol. The van der Waals surface area contributed by atoms with Crippen LogP contribution in [0, 0.1) is 0 Å². The van der Waals surface area contributed by atoms with Gasteiger partial charge in [0.1, 0.15) is 12.3 Å². The number of aromatic nitrogens is 2. The van der Waals surface area contributed by atoms with E-state index in [1.807, 2.05) is 45.0 Å². The van der Waals surface area contributed by atoms with Crippen molar-refractivity contribution in [1.29, 1.82) is 0 Å². The van der Waals surface area contributed by atoms with Crippen LogP contribution in [0.4, 0.5) is 10.5 Å². The number of hydrogen-bond acceptors (Lipinski definition) is 5. The second-order valence-corrected chi connectivity index (χ2v) is 15.8. The van der Waals surface area contributed by atoms with Crippen molar-refractivity contribution in [2.45, 2.75) is 71.3 Å². The van der Waals surface area contributed by atoms with Crippen molar-refractivity contribution < 1.29 is 14.3 Å². The smallest absolute Gasteiger partial charge is 0.408 e. The lowest BCUT2D eigenvalue weighted by Gasteiger charge is -2.23. The van der Waals surface area contributed by atoms with Gasteiger partial charge in [0.2, 0.25) is 0 Å². The molecule has 0 saturated carbocycles. The highest BCUT2D eigenvalue weighted by molar-refractivity contribution is 6.76. The maximum Gasteiger partial charge on any atom is 0.408 e. The number of nitrogen functional groups attached to an aromatic ring is 1. The summed E-state index contributed by atoms with van der Waals surface area (Å²) in [4.78, 5) is 12.3. The maximum absolute atomic E-state index is 12.3. The molecule has 1 amide bonds. The second kappa shape index (κ2) is 10.8. The average Bonchev–Trinajstić information content (AvgIpc) is 3.03. The lowest BCUT2D eigenvalue weighted by molar-refractivity contribution is 0.0504. The molecule has 1 heterocycles. The molecule has 1 aromatic carbocycles. The summed E-state index contributed by atoms with van der Waals surface area (Å²) >= 11 is 0. The summed E-state index contributed by atoms with van der Waals surface area (Å²) in [5.41, 5.74) is 8.90. The van der Waals surface area contributed by atoms with Crippen LogP contribution in [0.15, 0.2) is 43.1 Å². The van der Waals surface area contributed by atoms with Gasteiger partial charge in [0.25, 0.3) is 0 Å². The summed E-state index contributed by atoms with van der Waals surface area (Å²) in [7, 11) is -1.16. The summed E-state index contributed by atoms with van der Waals surface area (Å²) in [6, 6.07) is 8.73. The first-order valence-corrected chi connectivity index (χ1v) is 14.7. The number of rotatable bonds is 10. The summed E-state index contributed by atoms with van der Waals surface area (Å²) < 4.78 is 13.1. The van der Waals surface area contributed by atoms with Gasteiger partial charge in [-0.2, -0.15) is 5.10 Å². The SMILES string of the molecule is C=CCC(NC(=O)OC(C)(C)C)c1cccc(-c2c(N)cnn2COCC[Si](C)(C)C)c1. The van der Waals surface area contributed by atoms with Crippen molar-refractivity contribution >= 4 is 19.9 Å². The molecule has 0 aliphatic carbocycles. The molecule has 8 heteroatoms. The Morgan fingerprint density at radius 1 is 1.34 bits per heavy atom. The first-order chi connectivity index (χ1) is 14.9. The Kier molecular flexibility index (Phi) is 8.69. The molecule has 1 atom stereocenters. The fraction of sp³-hybridized carbons (Fsp3) is 0.500. The van der Waals surface area contributed by atoms with E-state index in [1.165, 1.54) is 0 Å². The number of nitrogens with one attached hydrogen (secondary N) is 1. The van der Waals surface area contributed by atoms with Crippen molar-refractivity contribution in [1.82, 2.24) is 15.1 Å². The van der Waals surface area contributed by atoms with Crippen molar-refractivity contribution in [2.75, 3.05) is 12.3 Å². The minimum atomic E-state index is -1.16. The normalized spacial score (nSPS) is 12.9. The Balaban J connectivity index is 2.21. The standard InChI is InChI=1S/C24H38N4O3Si/c1-8-10-21(27-23(29)31-24(2,3)4)18-11-9-12-19(15-18)22-20(25)16-26-28(22)17-30-13-14-32(5,6)7/h8-9,11-12,15-16,21H,1,10,13-14,17,25H2,2-7H3,(H,27,29). The molecule has 7 nitrogen and oxygen atoms in total. The maximum atomic E-state index is 12.3. The molecule has 176 valence electrons. The Bertz CT molecular complexity index is 913. The molecule has 1 aromatic heterocycles. The molecule has 2 aromatic rings. The number of nitrogens with two attached hydrogens (primary N) is 1. The first kappa shape index (κ1) is 25.7. The van der Waals surface area contributed by atoms with Gasteiger partial charge < -0.3 is 20.5 Å². The van der Waals surface area contributed by atoms with Crippen molar-refractivity contribution in [2.24, 2.45) is 0 Å². The Morgan fingerprint density at radius 2 is 2.06 bits per heavy atom. The van der Waals surface area contributed by atoms with E-state index in [0.717, 1.165) is 22.9 Å². The Morgan fingerprint density at radius 3 is 2.69 bits per heavy atom. The van der Waals surface area contributed by atoms with E-state index in [4.69, 9.17) is 15.2 Å². The largest absolute Gasteiger partial charge is 0.444 e. The molecule has 32 heavy (non-hydrogen) atoms. The summed E-state index contributed by atoms with van der Waals surface area (Å²) in [6.07, 6.45) is 3.52. The molecule has 0 fully saturated rings. The van der Waals surface area contributed by atoms with Crippen LogP contribution in [0.1, 0.15) is 38.8 Å². The molecular formula is C24H38N4O3Si. The topological polar surface area (TPSA) is 91.4 Å². The average molecular weight is 459 g/mol. The predicted molar refractivity (Wildman–Crippen MR) is 133 cm³/mol. The first-order valence-electron chi connectivity index (χ1n) is 11.0. The molecule has 0 radical (unpaired) electrons. The minimum absolute atomic E-state index is 0.270. The Hall–Kier alpha value is -2.58. The van der Waals surface area contributed by atoms with Crippen molar-refractivity contribution in [3.05, 3.63) is 48.7 Å². The molecule has 1 unspecified atom stereocenters. The van der Waals surface area contributed by atoms with Crippen LogP contribution in [-0.4, -0.2) is 36.2 Å². The third kappa shape index (κ3) is 8.16.